The normalized spacial score (nSPS) is 14.1. The highest BCUT2D eigenvalue weighted by Crippen LogP contribution is 2.25. The van der Waals surface area contributed by atoms with Gasteiger partial charge in [-0.1, -0.05) is 30.2 Å². The predicted octanol–water partition coefficient (Wildman–Crippen LogP) is 4.06. The van der Waals surface area contributed by atoms with Crippen LogP contribution in [0.1, 0.15) is 44.6 Å². The average Bonchev–Trinajstić information content (AvgIpc) is 3.06. The Morgan fingerprint density at radius 2 is 1.75 bits per heavy atom. The number of benzene rings is 2. The second-order valence-corrected chi connectivity index (χ2v) is 9.62. The van der Waals surface area contributed by atoms with Gasteiger partial charge in [-0.05, 0) is 75.9 Å². The van der Waals surface area contributed by atoms with E-state index >= 15 is 0 Å². The van der Waals surface area contributed by atoms with Gasteiger partial charge in [0.1, 0.15) is 12.3 Å². The molecule has 0 unspecified atom stereocenters. The minimum atomic E-state index is -3.97. The number of nitrogens with zero attached hydrogens (tertiary/aromatic N) is 1. The highest BCUT2D eigenvalue weighted by Gasteiger charge is 2.27. The molecule has 7 nitrogen and oxygen atoms in total. The Morgan fingerprint density at radius 3 is 2.44 bits per heavy atom. The van der Waals surface area contributed by atoms with Crippen molar-refractivity contribution in [3.8, 4) is 5.75 Å². The first-order valence-electron chi connectivity index (χ1n) is 11.0. The fourth-order valence-electron chi connectivity index (χ4n) is 3.48. The molecule has 172 valence electrons. The standard InChI is InChI=1S/C24H31N3O4S/c1-3-31-22-14-16-23(17-15-22)32(29,30)27(21-12-10-19(2)11-13-21)18-24(28)26-25-20-8-6-4-5-7-9-20/h8,10-17,25H,3-7,9,18H2,1-2H3,(H,26,28). The molecule has 8 heteroatoms. The minimum absolute atomic E-state index is 0.0914. The zero-order chi connectivity index (χ0) is 23.0. The lowest BCUT2D eigenvalue weighted by Gasteiger charge is -2.24. The van der Waals surface area contributed by atoms with Gasteiger partial charge in [0, 0.05) is 5.70 Å². The van der Waals surface area contributed by atoms with Crippen LogP contribution in [0.3, 0.4) is 0 Å². The van der Waals surface area contributed by atoms with Crippen molar-refractivity contribution in [1.29, 1.82) is 0 Å². The number of ether oxygens (including phenoxy) is 1. The third-order valence-electron chi connectivity index (χ3n) is 5.24. The van der Waals surface area contributed by atoms with Gasteiger partial charge < -0.3 is 10.2 Å². The van der Waals surface area contributed by atoms with Gasteiger partial charge in [-0.25, -0.2) is 8.42 Å². The molecule has 0 aliphatic heterocycles. The lowest BCUT2D eigenvalue weighted by atomic mass is 10.2. The van der Waals surface area contributed by atoms with E-state index in [0.29, 0.717) is 18.0 Å². The van der Waals surface area contributed by atoms with E-state index in [-0.39, 0.29) is 11.4 Å². The predicted molar refractivity (Wildman–Crippen MR) is 126 cm³/mol. The summed E-state index contributed by atoms with van der Waals surface area (Å²) >= 11 is 0. The number of amides is 1. The van der Waals surface area contributed by atoms with Crippen LogP contribution in [0.2, 0.25) is 0 Å². The molecule has 2 aromatic carbocycles. The zero-order valence-electron chi connectivity index (χ0n) is 18.6. The van der Waals surface area contributed by atoms with Crippen LogP contribution >= 0.6 is 0 Å². The second kappa shape index (κ2) is 11.0. The molecule has 1 aliphatic rings. The summed E-state index contributed by atoms with van der Waals surface area (Å²) < 4.78 is 33.4. The van der Waals surface area contributed by atoms with E-state index in [0.717, 1.165) is 47.7 Å². The smallest absolute Gasteiger partial charge is 0.264 e. The van der Waals surface area contributed by atoms with E-state index in [2.05, 4.69) is 16.9 Å². The highest BCUT2D eigenvalue weighted by molar-refractivity contribution is 7.92. The molecular weight excluding hydrogens is 426 g/mol. The van der Waals surface area contributed by atoms with Gasteiger partial charge in [0.2, 0.25) is 0 Å². The summed E-state index contributed by atoms with van der Waals surface area (Å²) in [4.78, 5) is 12.8. The summed E-state index contributed by atoms with van der Waals surface area (Å²) in [7, 11) is -3.97. The van der Waals surface area contributed by atoms with Crippen LogP contribution in [0.5, 0.6) is 5.75 Å². The lowest BCUT2D eigenvalue weighted by Crippen LogP contribution is -2.45. The Kier molecular flexibility index (Phi) is 8.16. The van der Waals surface area contributed by atoms with Crippen molar-refractivity contribution >= 4 is 21.6 Å². The summed E-state index contributed by atoms with van der Waals surface area (Å²) in [5.41, 5.74) is 8.01. The second-order valence-electron chi connectivity index (χ2n) is 7.75. The van der Waals surface area contributed by atoms with Gasteiger partial charge in [-0.2, -0.15) is 0 Å². The molecule has 0 heterocycles. The molecule has 0 fully saturated rings. The Balaban J connectivity index is 1.80. The zero-order valence-corrected chi connectivity index (χ0v) is 19.5. The monoisotopic (exact) mass is 457 g/mol. The van der Waals surface area contributed by atoms with Crippen molar-refractivity contribution in [1.82, 2.24) is 10.9 Å². The maximum Gasteiger partial charge on any atom is 0.264 e. The minimum Gasteiger partial charge on any atom is -0.494 e. The lowest BCUT2D eigenvalue weighted by molar-refractivity contribution is -0.120. The number of anilines is 1. The molecule has 0 radical (unpaired) electrons. The molecule has 0 spiro atoms. The quantitative estimate of drug-likeness (QED) is 0.555. The number of carbonyl (C=O) groups excluding carboxylic acids is 1. The van der Waals surface area contributed by atoms with Gasteiger partial charge in [-0.3, -0.25) is 14.5 Å². The number of sulfonamides is 1. The first-order valence-corrected chi connectivity index (χ1v) is 12.4. The summed E-state index contributed by atoms with van der Waals surface area (Å²) in [6.45, 7) is 3.93. The molecule has 2 N–H and O–H groups in total. The van der Waals surface area contributed by atoms with Gasteiger partial charge in [-0.15, -0.1) is 0 Å². The Morgan fingerprint density at radius 1 is 1.03 bits per heavy atom. The molecule has 0 bridgehead atoms. The maximum atomic E-state index is 13.4. The molecule has 0 aromatic heterocycles. The largest absolute Gasteiger partial charge is 0.494 e. The summed E-state index contributed by atoms with van der Waals surface area (Å²) in [5.74, 6) is 0.150. The molecule has 0 saturated carbocycles. The molecule has 2 aromatic rings. The number of hydrogen-bond acceptors (Lipinski definition) is 5. The van der Waals surface area contributed by atoms with Crippen molar-refractivity contribution in [2.24, 2.45) is 0 Å². The third kappa shape index (κ3) is 6.26. The van der Waals surface area contributed by atoms with E-state index in [9.17, 15) is 13.2 Å². The molecule has 32 heavy (non-hydrogen) atoms. The number of hydrazine groups is 1. The van der Waals surface area contributed by atoms with E-state index in [1.165, 1.54) is 12.1 Å². The molecule has 1 amide bonds. The van der Waals surface area contributed by atoms with Gasteiger partial charge in [0.25, 0.3) is 15.9 Å². The van der Waals surface area contributed by atoms with Crippen LogP contribution in [0, 0.1) is 6.92 Å². The first kappa shape index (κ1) is 23.7. The van der Waals surface area contributed by atoms with Crippen LogP contribution in [0.15, 0.2) is 65.2 Å². The fourth-order valence-corrected chi connectivity index (χ4v) is 4.90. The van der Waals surface area contributed by atoms with Gasteiger partial charge >= 0.3 is 0 Å². The summed E-state index contributed by atoms with van der Waals surface area (Å²) in [5, 5.41) is 0. The van der Waals surface area contributed by atoms with Crippen LogP contribution in [0.25, 0.3) is 0 Å². The highest BCUT2D eigenvalue weighted by atomic mass is 32.2. The molecular formula is C24H31N3O4S. The van der Waals surface area contributed by atoms with Crippen molar-refractivity contribution < 1.29 is 17.9 Å². The number of nitrogens with one attached hydrogen (secondary N) is 2. The summed E-state index contributed by atoms with van der Waals surface area (Å²) in [6, 6.07) is 13.3. The SMILES string of the molecule is CCOc1ccc(S(=O)(=O)N(CC(=O)NNC2=CCCCCC2)c2ccc(C)cc2)cc1. The van der Waals surface area contributed by atoms with E-state index in [1.807, 2.05) is 26.0 Å². The van der Waals surface area contributed by atoms with Crippen LogP contribution in [0.4, 0.5) is 5.69 Å². The van der Waals surface area contributed by atoms with E-state index < -0.39 is 15.9 Å². The van der Waals surface area contributed by atoms with Crippen LogP contribution in [-0.2, 0) is 14.8 Å². The third-order valence-corrected chi connectivity index (χ3v) is 7.02. The average molecular weight is 458 g/mol. The fraction of sp³-hybridized carbons (Fsp3) is 0.375. The first-order chi connectivity index (χ1) is 15.4. The van der Waals surface area contributed by atoms with Crippen molar-refractivity contribution in [2.75, 3.05) is 17.5 Å². The van der Waals surface area contributed by atoms with Crippen LogP contribution < -0.4 is 19.9 Å². The van der Waals surface area contributed by atoms with Crippen molar-refractivity contribution in [3.05, 3.63) is 65.9 Å². The number of aryl methyl sites for hydroxylation is 1. The van der Waals surface area contributed by atoms with Gasteiger partial charge in [0.05, 0.1) is 17.2 Å². The van der Waals surface area contributed by atoms with E-state index in [1.54, 1.807) is 24.3 Å². The number of rotatable bonds is 9. The Hall–Kier alpha value is -3.00. The molecule has 1 aliphatic carbocycles. The van der Waals surface area contributed by atoms with Crippen molar-refractivity contribution in [2.45, 2.75) is 50.8 Å². The van der Waals surface area contributed by atoms with Gasteiger partial charge in [0.15, 0.2) is 0 Å². The van der Waals surface area contributed by atoms with Crippen molar-refractivity contribution in [3.63, 3.8) is 0 Å². The van der Waals surface area contributed by atoms with E-state index in [4.69, 9.17) is 4.74 Å². The number of hydrogen-bond donors (Lipinski definition) is 2. The number of carbonyl (C=O) groups is 1. The Labute approximate surface area is 190 Å². The summed E-state index contributed by atoms with van der Waals surface area (Å²) in [6.07, 6.45) is 7.29. The Bertz CT molecular complexity index is 1030. The molecule has 0 atom stereocenters. The van der Waals surface area contributed by atoms with Crippen LogP contribution in [-0.4, -0.2) is 27.5 Å². The topological polar surface area (TPSA) is 87.7 Å². The molecule has 3 rings (SSSR count). The molecule has 0 saturated heterocycles. The maximum absolute atomic E-state index is 13.4. The number of allylic oxidation sites excluding steroid dienone is 2.